The van der Waals surface area contributed by atoms with E-state index in [1.165, 1.54) is 15.6 Å². The molecule has 0 atom stereocenters. The monoisotopic (exact) mass is 405 g/mol. The van der Waals surface area contributed by atoms with Crippen molar-refractivity contribution in [2.45, 2.75) is 23.1 Å². The minimum atomic E-state index is -0.440. The summed E-state index contributed by atoms with van der Waals surface area (Å²) in [4.78, 5) is 31.0. The van der Waals surface area contributed by atoms with Gasteiger partial charge in [-0.15, -0.1) is 0 Å². The van der Waals surface area contributed by atoms with Crippen LogP contribution in [0.15, 0.2) is 81.6 Å². The maximum Gasteiger partial charge on any atom is 0.310 e. The van der Waals surface area contributed by atoms with Gasteiger partial charge in [-0.25, -0.2) is 9.50 Å². The fourth-order valence-corrected chi connectivity index (χ4v) is 3.86. The Labute approximate surface area is 171 Å². The Balaban J connectivity index is 1.60. The number of nitrogens with zero attached hydrogens (tertiary/aromatic N) is 2. The molecule has 4 aromatic rings. The molecule has 0 saturated carbocycles. The van der Waals surface area contributed by atoms with Gasteiger partial charge in [-0.1, -0.05) is 42.1 Å². The second kappa shape index (κ2) is 8.36. The Morgan fingerprint density at radius 1 is 1.10 bits per heavy atom. The van der Waals surface area contributed by atoms with Crippen LogP contribution < -0.4 is 5.56 Å². The minimum absolute atomic E-state index is 0.0949. The maximum atomic E-state index is 12.7. The average molecular weight is 405 g/mol. The van der Waals surface area contributed by atoms with Crippen LogP contribution in [-0.4, -0.2) is 27.2 Å². The molecule has 2 aromatic carbocycles. The Morgan fingerprint density at radius 2 is 1.83 bits per heavy atom. The molecule has 0 saturated heterocycles. The normalized spacial score (nSPS) is 10.9. The van der Waals surface area contributed by atoms with Crippen LogP contribution in [0, 0.1) is 0 Å². The zero-order chi connectivity index (χ0) is 20.2. The number of hydrogen-bond acceptors (Lipinski definition) is 5. The zero-order valence-corrected chi connectivity index (χ0v) is 16.6. The number of aromatic amines is 1. The molecule has 0 bridgehead atoms. The number of benzene rings is 2. The number of aromatic nitrogens is 3. The molecular weight excluding hydrogens is 386 g/mol. The van der Waals surface area contributed by atoms with Gasteiger partial charge in [0, 0.05) is 33.3 Å². The fourth-order valence-electron chi connectivity index (χ4n) is 3.02. The van der Waals surface area contributed by atoms with Gasteiger partial charge in [0.2, 0.25) is 0 Å². The first-order valence-corrected chi connectivity index (χ1v) is 10.0. The van der Waals surface area contributed by atoms with Crippen molar-refractivity contribution >= 4 is 23.4 Å². The third kappa shape index (κ3) is 4.09. The molecule has 0 aliphatic heterocycles. The van der Waals surface area contributed by atoms with E-state index in [-0.39, 0.29) is 18.6 Å². The van der Waals surface area contributed by atoms with Crippen LogP contribution in [0.25, 0.3) is 16.8 Å². The lowest BCUT2D eigenvalue weighted by molar-refractivity contribution is -0.142. The minimum Gasteiger partial charge on any atom is -0.466 e. The summed E-state index contributed by atoms with van der Waals surface area (Å²) in [6.07, 6.45) is 3.10. The summed E-state index contributed by atoms with van der Waals surface area (Å²) in [7, 11) is 0. The zero-order valence-electron chi connectivity index (χ0n) is 15.8. The van der Waals surface area contributed by atoms with E-state index >= 15 is 0 Å². The SMILES string of the molecule is CCOC(=O)Cc1cnc2c(-c3ccc(Sc4ccccc4)cc3)c[nH]n2c1=O. The first kappa shape index (κ1) is 19.0. The van der Waals surface area contributed by atoms with Gasteiger partial charge in [0.1, 0.15) is 0 Å². The van der Waals surface area contributed by atoms with Gasteiger partial charge < -0.3 is 4.74 Å². The molecule has 4 rings (SSSR count). The molecular formula is C22H19N3O3S. The first-order chi connectivity index (χ1) is 14.2. The summed E-state index contributed by atoms with van der Waals surface area (Å²) in [5.74, 6) is -0.440. The second-order valence-corrected chi connectivity index (χ2v) is 7.50. The van der Waals surface area contributed by atoms with Crippen molar-refractivity contribution in [2.24, 2.45) is 0 Å². The Hall–Kier alpha value is -3.32. The van der Waals surface area contributed by atoms with Crippen molar-refractivity contribution in [3.05, 3.63) is 82.9 Å². The van der Waals surface area contributed by atoms with Crippen LogP contribution in [0.1, 0.15) is 12.5 Å². The molecule has 1 N–H and O–H groups in total. The maximum absolute atomic E-state index is 12.7. The summed E-state index contributed by atoms with van der Waals surface area (Å²) in [6.45, 7) is 2.01. The van der Waals surface area contributed by atoms with Crippen molar-refractivity contribution in [2.75, 3.05) is 6.61 Å². The van der Waals surface area contributed by atoms with Crippen molar-refractivity contribution in [3.8, 4) is 11.1 Å². The summed E-state index contributed by atoms with van der Waals surface area (Å²) in [5, 5.41) is 2.94. The van der Waals surface area contributed by atoms with Gasteiger partial charge in [0.15, 0.2) is 5.65 Å². The number of nitrogens with one attached hydrogen (secondary N) is 1. The predicted molar refractivity (Wildman–Crippen MR) is 112 cm³/mol. The lowest BCUT2D eigenvalue weighted by Crippen LogP contribution is -2.22. The first-order valence-electron chi connectivity index (χ1n) is 9.22. The lowest BCUT2D eigenvalue weighted by Gasteiger charge is -2.04. The van der Waals surface area contributed by atoms with Gasteiger partial charge >= 0.3 is 5.97 Å². The largest absolute Gasteiger partial charge is 0.466 e. The molecule has 0 aliphatic rings. The van der Waals surface area contributed by atoms with Crippen LogP contribution in [-0.2, 0) is 16.0 Å². The quantitative estimate of drug-likeness (QED) is 0.492. The molecule has 6 nitrogen and oxygen atoms in total. The summed E-state index contributed by atoms with van der Waals surface area (Å²) < 4.78 is 6.27. The van der Waals surface area contributed by atoms with Crippen LogP contribution in [0.5, 0.6) is 0 Å². The molecule has 2 heterocycles. The summed E-state index contributed by atoms with van der Waals surface area (Å²) in [5.41, 5.74) is 2.29. The van der Waals surface area contributed by atoms with Crippen molar-refractivity contribution in [1.29, 1.82) is 0 Å². The number of hydrogen-bond donors (Lipinski definition) is 1. The van der Waals surface area contributed by atoms with E-state index in [2.05, 4.69) is 22.2 Å². The topological polar surface area (TPSA) is 76.5 Å². The number of H-pyrrole nitrogens is 1. The smallest absolute Gasteiger partial charge is 0.310 e. The highest BCUT2D eigenvalue weighted by atomic mass is 32.2. The fraction of sp³-hybridized carbons (Fsp3) is 0.136. The number of carbonyl (C=O) groups is 1. The molecule has 7 heteroatoms. The third-order valence-electron chi connectivity index (χ3n) is 4.40. The Bertz CT molecular complexity index is 1200. The van der Waals surface area contributed by atoms with Crippen LogP contribution >= 0.6 is 11.8 Å². The average Bonchev–Trinajstić information content (AvgIpc) is 3.17. The summed E-state index contributed by atoms with van der Waals surface area (Å²) >= 11 is 1.69. The van der Waals surface area contributed by atoms with Gasteiger partial charge in [-0.3, -0.25) is 14.7 Å². The van der Waals surface area contributed by atoms with E-state index in [9.17, 15) is 9.59 Å². The number of esters is 1. The van der Waals surface area contributed by atoms with E-state index < -0.39 is 5.97 Å². The molecule has 0 unspecified atom stereocenters. The molecule has 0 radical (unpaired) electrons. The Morgan fingerprint density at radius 3 is 2.55 bits per heavy atom. The van der Waals surface area contributed by atoms with Crippen molar-refractivity contribution in [3.63, 3.8) is 0 Å². The van der Waals surface area contributed by atoms with Crippen LogP contribution in [0.2, 0.25) is 0 Å². The second-order valence-electron chi connectivity index (χ2n) is 6.36. The van der Waals surface area contributed by atoms with E-state index in [4.69, 9.17) is 4.74 Å². The molecule has 2 aromatic heterocycles. The number of fused-ring (bicyclic) bond motifs is 1. The third-order valence-corrected chi connectivity index (χ3v) is 5.41. The molecule has 29 heavy (non-hydrogen) atoms. The van der Waals surface area contributed by atoms with Gasteiger partial charge in [0.25, 0.3) is 5.56 Å². The number of ether oxygens (including phenoxy) is 1. The van der Waals surface area contributed by atoms with E-state index in [0.29, 0.717) is 11.2 Å². The van der Waals surface area contributed by atoms with Crippen molar-refractivity contribution in [1.82, 2.24) is 14.6 Å². The van der Waals surface area contributed by atoms with Gasteiger partial charge in [-0.05, 0) is 36.8 Å². The van der Waals surface area contributed by atoms with Crippen LogP contribution in [0.3, 0.4) is 0 Å². The summed E-state index contributed by atoms with van der Waals surface area (Å²) in [6, 6.07) is 18.3. The lowest BCUT2D eigenvalue weighted by atomic mass is 10.1. The molecule has 0 spiro atoms. The number of rotatable bonds is 6. The van der Waals surface area contributed by atoms with Crippen molar-refractivity contribution < 1.29 is 9.53 Å². The molecule has 146 valence electrons. The standard InChI is InChI=1S/C22H19N3O3S/c1-2-28-20(26)12-16-13-23-21-19(14-24-25(21)22(16)27)15-8-10-18(11-9-15)29-17-6-4-3-5-7-17/h3-11,13-14,24H,2,12H2,1H3. The molecule has 0 amide bonds. The van der Waals surface area contributed by atoms with E-state index in [1.807, 2.05) is 42.5 Å². The number of carbonyl (C=O) groups excluding carboxylic acids is 1. The Kier molecular flexibility index (Phi) is 5.48. The van der Waals surface area contributed by atoms with Gasteiger partial charge in [0.05, 0.1) is 13.0 Å². The molecule has 0 aliphatic carbocycles. The van der Waals surface area contributed by atoms with E-state index in [1.54, 1.807) is 24.9 Å². The van der Waals surface area contributed by atoms with Crippen LogP contribution in [0.4, 0.5) is 0 Å². The highest BCUT2D eigenvalue weighted by Crippen LogP contribution is 2.30. The highest BCUT2D eigenvalue weighted by Gasteiger charge is 2.14. The molecule has 0 fully saturated rings. The van der Waals surface area contributed by atoms with Gasteiger partial charge in [-0.2, -0.15) is 0 Å². The highest BCUT2D eigenvalue weighted by molar-refractivity contribution is 7.99. The van der Waals surface area contributed by atoms with E-state index in [0.717, 1.165) is 16.0 Å². The predicted octanol–water partition coefficient (Wildman–Crippen LogP) is 3.95.